The fourth-order valence-electron chi connectivity index (χ4n) is 1.95. The van der Waals surface area contributed by atoms with Crippen LogP contribution in [0, 0.1) is 0 Å². The third-order valence-electron chi connectivity index (χ3n) is 3.09. The Morgan fingerprint density at radius 3 is 2.82 bits per heavy atom. The zero-order valence-corrected chi connectivity index (χ0v) is 10.9. The lowest BCUT2D eigenvalue weighted by Crippen LogP contribution is -2.14. The van der Waals surface area contributed by atoms with Gasteiger partial charge in [0.2, 0.25) is 0 Å². The molecule has 1 aliphatic heterocycles. The number of hydrogen-bond donors (Lipinski definition) is 0. The molecule has 3 heteroatoms. The first-order chi connectivity index (χ1) is 8.29. The van der Waals surface area contributed by atoms with E-state index < -0.39 is 0 Å². The molecule has 0 aliphatic carbocycles. The van der Waals surface area contributed by atoms with E-state index in [0.29, 0.717) is 18.4 Å². The van der Waals surface area contributed by atoms with Crippen LogP contribution in [-0.2, 0) is 4.79 Å². The SMILES string of the molecule is CC(CC=O)c1ccc(OC2CCSC2)cc1. The first-order valence-electron chi connectivity index (χ1n) is 6.07. The van der Waals surface area contributed by atoms with Crippen LogP contribution in [0.3, 0.4) is 0 Å². The van der Waals surface area contributed by atoms with Crippen molar-refractivity contribution < 1.29 is 9.53 Å². The van der Waals surface area contributed by atoms with E-state index in [1.165, 1.54) is 11.3 Å². The molecule has 0 radical (unpaired) electrons. The zero-order valence-electron chi connectivity index (χ0n) is 10.1. The van der Waals surface area contributed by atoms with Gasteiger partial charge in [-0.1, -0.05) is 19.1 Å². The lowest BCUT2D eigenvalue weighted by molar-refractivity contribution is -0.108. The molecule has 1 heterocycles. The first-order valence-corrected chi connectivity index (χ1v) is 7.23. The van der Waals surface area contributed by atoms with Crippen molar-refractivity contribution >= 4 is 18.0 Å². The Balaban J connectivity index is 1.94. The van der Waals surface area contributed by atoms with Gasteiger partial charge in [-0.2, -0.15) is 11.8 Å². The molecule has 2 rings (SSSR count). The Morgan fingerprint density at radius 2 is 2.24 bits per heavy atom. The molecule has 2 nitrogen and oxygen atoms in total. The number of carbonyl (C=O) groups is 1. The van der Waals surface area contributed by atoms with Gasteiger partial charge in [-0.15, -0.1) is 0 Å². The Kier molecular flexibility index (Phi) is 4.49. The summed E-state index contributed by atoms with van der Waals surface area (Å²) in [5.41, 5.74) is 1.20. The fourth-order valence-corrected chi connectivity index (χ4v) is 3.05. The number of hydrogen-bond acceptors (Lipinski definition) is 3. The van der Waals surface area contributed by atoms with E-state index in [1.807, 2.05) is 23.9 Å². The third kappa shape index (κ3) is 3.50. The second kappa shape index (κ2) is 6.10. The van der Waals surface area contributed by atoms with Crippen LogP contribution in [0.15, 0.2) is 24.3 Å². The van der Waals surface area contributed by atoms with Crippen LogP contribution in [0.1, 0.15) is 31.2 Å². The molecular weight excluding hydrogens is 232 g/mol. The third-order valence-corrected chi connectivity index (χ3v) is 4.22. The molecule has 0 bridgehead atoms. The van der Waals surface area contributed by atoms with E-state index in [0.717, 1.165) is 24.2 Å². The largest absolute Gasteiger partial charge is 0.490 e. The number of aldehydes is 1. The molecule has 1 aromatic rings. The lowest BCUT2D eigenvalue weighted by atomic mass is 9.99. The summed E-state index contributed by atoms with van der Waals surface area (Å²) in [6.45, 7) is 2.07. The normalized spacial score (nSPS) is 21.1. The van der Waals surface area contributed by atoms with E-state index >= 15 is 0 Å². The molecule has 2 unspecified atom stereocenters. The highest BCUT2D eigenvalue weighted by Crippen LogP contribution is 2.25. The predicted molar refractivity (Wildman–Crippen MR) is 71.9 cm³/mol. The van der Waals surface area contributed by atoms with Gasteiger partial charge in [0.15, 0.2) is 0 Å². The Hall–Kier alpha value is -0.960. The van der Waals surface area contributed by atoms with E-state index in [9.17, 15) is 4.79 Å². The number of benzene rings is 1. The maximum Gasteiger partial charge on any atom is 0.120 e. The van der Waals surface area contributed by atoms with Gasteiger partial charge in [-0.3, -0.25) is 0 Å². The topological polar surface area (TPSA) is 26.3 Å². The zero-order chi connectivity index (χ0) is 12.1. The van der Waals surface area contributed by atoms with E-state index in [4.69, 9.17) is 4.74 Å². The highest BCUT2D eigenvalue weighted by atomic mass is 32.2. The highest BCUT2D eigenvalue weighted by Gasteiger charge is 2.16. The standard InChI is InChI=1S/C14H18O2S/c1-11(6-8-15)12-2-4-13(5-3-12)16-14-7-9-17-10-14/h2-5,8,11,14H,6-7,9-10H2,1H3. The molecule has 0 N–H and O–H groups in total. The van der Waals surface area contributed by atoms with Crippen LogP contribution in [-0.4, -0.2) is 23.9 Å². The molecule has 92 valence electrons. The minimum Gasteiger partial charge on any atom is -0.490 e. The summed E-state index contributed by atoms with van der Waals surface area (Å²) in [5, 5.41) is 0. The second-order valence-corrected chi connectivity index (χ2v) is 5.63. The average Bonchev–Trinajstić information content (AvgIpc) is 2.83. The molecule has 0 amide bonds. The van der Waals surface area contributed by atoms with Gasteiger partial charge in [0, 0.05) is 12.2 Å². The van der Waals surface area contributed by atoms with Crippen molar-refractivity contribution in [2.24, 2.45) is 0 Å². The summed E-state index contributed by atoms with van der Waals surface area (Å²) in [5.74, 6) is 3.55. The Bertz CT molecular complexity index is 355. The number of carbonyl (C=O) groups excluding carboxylic acids is 1. The van der Waals surface area contributed by atoms with Crippen molar-refractivity contribution in [3.05, 3.63) is 29.8 Å². The lowest BCUT2D eigenvalue weighted by Gasteiger charge is -2.14. The second-order valence-electron chi connectivity index (χ2n) is 4.48. The highest BCUT2D eigenvalue weighted by molar-refractivity contribution is 7.99. The molecule has 0 spiro atoms. The van der Waals surface area contributed by atoms with Crippen LogP contribution >= 0.6 is 11.8 Å². The summed E-state index contributed by atoms with van der Waals surface area (Å²) in [4.78, 5) is 10.5. The molecule has 1 aliphatic rings. The first kappa shape index (κ1) is 12.5. The summed E-state index contributed by atoms with van der Waals surface area (Å²) >= 11 is 1.95. The smallest absolute Gasteiger partial charge is 0.120 e. The number of thioether (sulfide) groups is 1. The van der Waals surface area contributed by atoms with Gasteiger partial charge in [0.05, 0.1) is 0 Å². The van der Waals surface area contributed by atoms with Crippen molar-refractivity contribution in [3.8, 4) is 5.75 Å². The quantitative estimate of drug-likeness (QED) is 0.750. The molecule has 2 atom stereocenters. The Morgan fingerprint density at radius 1 is 1.47 bits per heavy atom. The van der Waals surface area contributed by atoms with Gasteiger partial charge in [0.1, 0.15) is 18.1 Å². The Labute approximate surface area is 107 Å². The van der Waals surface area contributed by atoms with Crippen LogP contribution in [0.25, 0.3) is 0 Å². The van der Waals surface area contributed by atoms with E-state index in [2.05, 4.69) is 19.1 Å². The fraction of sp³-hybridized carbons (Fsp3) is 0.500. The van der Waals surface area contributed by atoms with Gasteiger partial charge in [0.25, 0.3) is 0 Å². The molecule has 0 aromatic heterocycles. The van der Waals surface area contributed by atoms with Gasteiger partial charge < -0.3 is 9.53 Å². The molecule has 17 heavy (non-hydrogen) atoms. The van der Waals surface area contributed by atoms with E-state index in [1.54, 1.807) is 0 Å². The van der Waals surface area contributed by atoms with Crippen molar-refractivity contribution in [1.82, 2.24) is 0 Å². The van der Waals surface area contributed by atoms with Crippen molar-refractivity contribution in [3.63, 3.8) is 0 Å². The summed E-state index contributed by atoms with van der Waals surface area (Å²) < 4.78 is 5.88. The molecule has 0 saturated carbocycles. The van der Waals surface area contributed by atoms with Crippen molar-refractivity contribution in [1.29, 1.82) is 0 Å². The predicted octanol–water partition coefficient (Wildman–Crippen LogP) is 3.26. The summed E-state index contributed by atoms with van der Waals surface area (Å²) in [6.07, 6.45) is 3.08. The van der Waals surface area contributed by atoms with Crippen LogP contribution in [0.5, 0.6) is 5.75 Å². The van der Waals surface area contributed by atoms with Crippen LogP contribution in [0.2, 0.25) is 0 Å². The van der Waals surface area contributed by atoms with Gasteiger partial charge in [-0.05, 0) is 35.8 Å². The number of rotatable bonds is 5. The van der Waals surface area contributed by atoms with Crippen LogP contribution < -0.4 is 4.74 Å². The summed E-state index contributed by atoms with van der Waals surface area (Å²) in [7, 11) is 0. The van der Waals surface area contributed by atoms with Gasteiger partial charge in [-0.25, -0.2) is 0 Å². The maximum absolute atomic E-state index is 10.5. The number of ether oxygens (including phenoxy) is 1. The van der Waals surface area contributed by atoms with E-state index in [-0.39, 0.29) is 0 Å². The van der Waals surface area contributed by atoms with Gasteiger partial charge >= 0.3 is 0 Å². The molecule has 1 saturated heterocycles. The molecular formula is C14H18O2S. The minimum absolute atomic E-state index is 0.295. The average molecular weight is 250 g/mol. The van der Waals surface area contributed by atoms with Crippen molar-refractivity contribution in [2.45, 2.75) is 31.8 Å². The van der Waals surface area contributed by atoms with Crippen molar-refractivity contribution in [2.75, 3.05) is 11.5 Å². The minimum atomic E-state index is 0.295. The van der Waals surface area contributed by atoms with Crippen LogP contribution in [0.4, 0.5) is 0 Å². The monoisotopic (exact) mass is 250 g/mol. The molecule has 1 fully saturated rings. The summed E-state index contributed by atoms with van der Waals surface area (Å²) in [6, 6.07) is 8.15. The molecule has 1 aromatic carbocycles. The maximum atomic E-state index is 10.5.